The predicted molar refractivity (Wildman–Crippen MR) is 95.3 cm³/mol. The minimum Gasteiger partial charge on any atom is -0.378 e. The van der Waals surface area contributed by atoms with Crippen LogP contribution in [0.2, 0.25) is 0 Å². The molecule has 25 heavy (non-hydrogen) atoms. The van der Waals surface area contributed by atoms with Crippen LogP contribution in [0.4, 0.5) is 5.82 Å². The van der Waals surface area contributed by atoms with Crippen LogP contribution < -0.4 is 5.32 Å². The predicted octanol–water partition coefficient (Wildman–Crippen LogP) is 4.01. The second kappa shape index (κ2) is 6.41. The van der Waals surface area contributed by atoms with Crippen molar-refractivity contribution in [1.29, 1.82) is 0 Å². The van der Waals surface area contributed by atoms with Gasteiger partial charge >= 0.3 is 0 Å². The monoisotopic (exact) mass is 342 g/mol. The molecule has 0 saturated heterocycles. The van der Waals surface area contributed by atoms with Crippen LogP contribution in [0.5, 0.6) is 0 Å². The number of hydrogen-bond acceptors (Lipinski definition) is 6. The van der Waals surface area contributed by atoms with Gasteiger partial charge < -0.3 is 14.6 Å². The first kappa shape index (κ1) is 16.5. The fourth-order valence-electron chi connectivity index (χ4n) is 4.05. The second-order valence-electron chi connectivity index (χ2n) is 7.51. The van der Waals surface area contributed by atoms with Gasteiger partial charge in [0.1, 0.15) is 5.82 Å². The lowest BCUT2D eigenvalue weighted by Gasteiger charge is -2.61. The van der Waals surface area contributed by atoms with Gasteiger partial charge in [-0.05, 0) is 38.3 Å². The molecule has 2 heterocycles. The summed E-state index contributed by atoms with van der Waals surface area (Å²) in [7, 11) is 0. The van der Waals surface area contributed by atoms with E-state index in [9.17, 15) is 0 Å². The highest BCUT2D eigenvalue weighted by atomic mass is 16.5. The molecule has 2 aromatic heterocycles. The molecule has 0 aliphatic heterocycles. The Morgan fingerprint density at radius 2 is 2.24 bits per heavy atom. The van der Waals surface area contributed by atoms with Gasteiger partial charge in [-0.25, -0.2) is 4.98 Å². The zero-order valence-electron chi connectivity index (χ0n) is 15.2. The Labute approximate surface area is 148 Å². The number of nitrogens with zero attached hydrogens (tertiary/aromatic N) is 3. The molecule has 1 spiro atoms. The Hall–Kier alpha value is -1.95. The highest BCUT2D eigenvalue weighted by Crippen LogP contribution is 2.58. The number of pyridine rings is 1. The van der Waals surface area contributed by atoms with E-state index in [1.54, 1.807) is 6.20 Å². The molecule has 0 radical (unpaired) electrons. The van der Waals surface area contributed by atoms with E-state index in [2.05, 4.69) is 41.2 Å². The van der Waals surface area contributed by atoms with Crippen molar-refractivity contribution < 1.29 is 9.26 Å². The third kappa shape index (κ3) is 2.82. The SMILES string of the molecule is CCOC1CC(Nc2cc(-c3nc(C(C)C)no3)ccn2)C12CCC2. The van der Waals surface area contributed by atoms with Gasteiger partial charge in [0, 0.05) is 35.7 Å². The van der Waals surface area contributed by atoms with Crippen molar-refractivity contribution in [3.8, 4) is 11.5 Å². The summed E-state index contributed by atoms with van der Waals surface area (Å²) in [6.07, 6.45) is 7.04. The van der Waals surface area contributed by atoms with E-state index >= 15 is 0 Å². The summed E-state index contributed by atoms with van der Waals surface area (Å²) in [5.74, 6) is 2.40. The summed E-state index contributed by atoms with van der Waals surface area (Å²) in [4.78, 5) is 8.96. The normalized spacial score (nSPS) is 24.2. The lowest BCUT2D eigenvalue weighted by atomic mass is 9.51. The Balaban J connectivity index is 1.49. The number of hydrogen-bond donors (Lipinski definition) is 1. The quantitative estimate of drug-likeness (QED) is 0.855. The van der Waals surface area contributed by atoms with E-state index in [1.807, 2.05) is 12.1 Å². The molecule has 4 rings (SSSR count). The fourth-order valence-corrected chi connectivity index (χ4v) is 4.05. The molecule has 2 aromatic rings. The zero-order valence-corrected chi connectivity index (χ0v) is 15.2. The smallest absolute Gasteiger partial charge is 0.258 e. The Bertz CT molecular complexity index is 739. The van der Waals surface area contributed by atoms with Crippen LogP contribution in [0, 0.1) is 5.41 Å². The molecule has 2 unspecified atom stereocenters. The van der Waals surface area contributed by atoms with E-state index < -0.39 is 0 Å². The second-order valence-corrected chi connectivity index (χ2v) is 7.51. The van der Waals surface area contributed by atoms with E-state index in [4.69, 9.17) is 9.26 Å². The standard InChI is InChI=1S/C19H26N4O2/c1-4-24-15-11-14(19(15)7-5-8-19)21-16-10-13(6-9-20-16)18-22-17(12(2)3)23-25-18/h6,9-10,12,14-15H,4-5,7-8,11H2,1-3H3,(H,20,21). The number of rotatable bonds is 6. The van der Waals surface area contributed by atoms with Crippen molar-refractivity contribution in [2.24, 2.45) is 5.41 Å². The topological polar surface area (TPSA) is 73.1 Å². The number of ether oxygens (including phenoxy) is 1. The summed E-state index contributed by atoms with van der Waals surface area (Å²) < 4.78 is 11.3. The van der Waals surface area contributed by atoms with Crippen LogP contribution in [-0.2, 0) is 4.74 Å². The van der Waals surface area contributed by atoms with E-state index in [0.29, 0.717) is 23.5 Å². The van der Waals surface area contributed by atoms with Crippen LogP contribution >= 0.6 is 0 Å². The summed E-state index contributed by atoms with van der Waals surface area (Å²) in [5.41, 5.74) is 1.21. The number of aromatic nitrogens is 3. The van der Waals surface area contributed by atoms with E-state index in [-0.39, 0.29) is 5.92 Å². The van der Waals surface area contributed by atoms with Crippen LogP contribution in [0.1, 0.15) is 58.2 Å². The first-order valence-electron chi connectivity index (χ1n) is 9.30. The van der Waals surface area contributed by atoms with E-state index in [0.717, 1.165) is 30.2 Å². The van der Waals surface area contributed by atoms with Gasteiger partial charge in [-0.15, -0.1) is 0 Å². The lowest BCUT2D eigenvalue weighted by Crippen LogP contribution is -2.64. The van der Waals surface area contributed by atoms with Gasteiger partial charge in [0.25, 0.3) is 5.89 Å². The molecule has 2 atom stereocenters. The molecule has 134 valence electrons. The average Bonchev–Trinajstić information content (AvgIpc) is 3.03. The molecule has 0 amide bonds. The van der Waals surface area contributed by atoms with Gasteiger partial charge in [0.05, 0.1) is 6.10 Å². The Kier molecular flexibility index (Phi) is 4.23. The lowest BCUT2D eigenvalue weighted by molar-refractivity contribution is -0.157. The third-order valence-electron chi connectivity index (χ3n) is 5.72. The van der Waals surface area contributed by atoms with Gasteiger partial charge in [-0.3, -0.25) is 0 Å². The summed E-state index contributed by atoms with van der Waals surface area (Å²) in [5, 5.41) is 7.66. The molecule has 2 saturated carbocycles. The molecular weight excluding hydrogens is 316 g/mol. The van der Waals surface area contributed by atoms with Crippen molar-refractivity contribution in [3.05, 3.63) is 24.2 Å². The molecule has 1 N–H and O–H groups in total. The largest absolute Gasteiger partial charge is 0.378 e. The molecule has 0 aromatic carbocycles. The van der Waals surface area contributed by atoms with Crippen LogP contribution in [0.3, 0.4) is 0 Å². The molecule has 6 heteroatoms. The Morgan fingerprint density at radius 3 is 2.88 bits per heavy atom. The minimum atomic E-state index is 0.251. The molecule has 2 fully saturated rings. The Morgan fingerprint density at radius 1 is 1.40 bits per heavy atom. The molecule has 2 aliphatic carbocycles. The van der Waals surface area contributed by atoms with Crippen LogP contribution in [-0.4, -0.2) is 33.9 Å². The van der Waals surface area contributed by atoms with Crippen molar-refractivity contribution >= 4 is 5.82 Å². The summed E-state index contributed by atoms with van der Waals surface area (Å²) in [6, 6.07) is 4.35. The first-order valence-corrected chi connectivity index (χ1v) is 9.30. The van der Waals surface area contributed by atoms with Gasteiger partial charge in [0.2, 0.25) is 0 Å². The van der Waals surface area contributed by atoms with Crippen LogP contribution in [0.25, 0.3) is 11.5 Å². The molecule has 0 bridgehead atoms. The molecule has 2 aliphatic rings. The van der Waals surface area contributed by atoms with Gasteiger partial charge in [0.15, 0.2) is 5.82 Å². The summed E-state index contributed by atoms with van der Waals surface area (Å²) >= 11 is 0. The maximum atomic E-state index is 5.93. The molecular formula is C19H26N4O2. The first-order chi connectivity index (χ1) is 12.1. The van der Waals surface area contributed by atoms with Crippen LogP contribution in [0.15, 0.2) is 22.9 Å². The van der Waals surface area contributed by atoms with Crippen molar-refractivity contribution in [2.45, 2.75) is 64.5 Å². The van der Waals surface area contributed by atoms with E-state index in [1.165, 1.54) is 19.3 Å². The zero-order chi connectivity index (χ0) is 17.4. The highest BCUT2D eigenvalue weighted by Gasteiger charge is 2.59. The van der Waals surface area contributed by atoms with Crippen molar-refractivity contribution in [1.82, 2.24) is 15.1 Å². The minimum absolute atomic E-state index is 0.251. The van der Waals surface area contributed by atoms with Crippen molar-refractivity contribution in [3.63, 3.8) is 0 Å². The number of nitrogens with one attached hydrogen (secondary N) is 1. The highest BCUT2D eigenvalue weighted by molar-refractivity contribution is 5.58. The maximum Gasteiger partial charge on any atom is 0.258 e. The third-order valence-corrected chi connectivity index (χ3v) is 5.72. The van der Waals surface area contributed by atoms with Gasteiger partial charge in [-0.2, -0.15) is 4.98 Å². The van der Waals surface area contributed by atoms with Crippen molar-refractivity contribution in [2.75, 3.05) is 11.9 Å². The average molecular weight is 342 g/mol. The fraction of sp³-hybridized carbons (Fsp3) is 0.632. The van der Waals surface area contributed by atoms with Gasteiger partial charge in [-0.1, -0.05) is 25.4 Å². The summed E-state index contributed by atoms with van der Waals surface area (Å²) in [6.45, 7) is 6.98. The molecule has 6 nitrogen and oxygen atoms in total. The maximum absolute atomic E-state index is 5.93. The number of anilines is 1.